The van der Waals surface area contributed by atoms with Crippen molar-refractivity contribution in [2.24, 2.45) is 0 Å². The third kappa shape index (κ3) is 2.56. The van der Waals surface area contributed by atoms with Crippen molar-refractivity contribution < 1.29 is 4.79 Å². The van der Waals surface area contributed by atoms with E-state index in [0.717, 1.165) is 19.4 Å². The van der Waals surface area contributed by atoms with Crippen molar-refractivity contribution in [3.63, 3.8) is 0 Å². The molecular formula is C9H11ClN4O. The zero-order valence-electron chi connectivity index (χ0n) is 8.06. The number of amides is 1. The summed E-state index contributed by atoms with van der Waals surface area (Å²) in [5.41, 5.74) is 0. The maximum absolute atomic E-state index is 10.5. The lowest BCUT2D eigenvalue weighted by molar-refractivity contribution is -0.117. The first-order valence-electron chi connectivity index (χ1n) is 4.71. The van der Waals surface area contributed by atoms with Gasteiger partial charge < -0.3 is 10.2 Å². The first-order valence-corrected chi connectivity index (χ1v) is 5.09. The van der Waals surface area contributed by atoms with Gasteiger partial charge in [-0.05, 0) is 6.42 Å². The summed E-state index contributed by atoms with van der Waals surface area (Å²) in [6.07, 6.45) is 4.88. The topological polar surface area (TPSA) is 58.1 Å². The number of nitrogens with zero attached hydrogens (tertiary/aromatic N) is 3. The molecule has 1 aromatic heterocycles. The summed E-state index contributed by atoms with van der Waals surface area (Å²) in [5.74, 6) is 0.553. The van der Waals surface area contributed by atoms with Gasteiger partial charge in [-0.15, -0.1) is 0 Å². The number of hydrogen-bond acceptors (Lipinski definition) is 4. The van der Waals surface area contributed by atoms with E-state index < -0.39 is 0 Å². The van der Waals surface area contributed by atoms with Gasteiger partial charge in [-0.1, -0.05) is 11.6 Å². The highest BCUT2D eigenvalue weighted by atomic mass is 35.5. The molecule has 0 saturated carbocycles. The van der Waals surface area contributed by atoms with E-state index in [1.165, 1.54) is 0 Å². The van der Waals surface area contributed by atoms with Gasteiger partial charge in [0, 0.05) is 19.1 Å². The molecular weight excluding hydrogens is 216 g/mol. The lowest BCUT2D eigenvalue weighted by atomic mass is 10.3. The van der Waals surface area contributed by atoms with E-state index in [9.17, 15) is 4.79 Å². The molecule has 1 aliphatic heterocycles. The van der Waals surface area contributed by atoms with Gasteiger partial charge in [0.05, 0.1) is 17.4 Å². The number of carbonyl (C=O) groups is 1. The zero-order valence-corrected chi connectivity index (χ0v) is 8.81. The van der Waals surface area contributed by atoms with Crippen LogP contribution in [0.25, 0.3) is 0 Å². The minimum absolute atomic E-state index is 0.233. The van der Waals surface area contributed by atoms with Crippen LogP contribution in [-0.2, 0) is 4.79 Å². The quantitative estimate of drug-likeness (QED) is 0.774. The number of aromatic nitrogens is 2. The van der Waals surface area contributed by atoms with Gasteiger partial charge in [-0.25, -0.2) is 9.97 Å². The van der Waals surface area contributed by atoms with Gasteiger partial charge in [0.1, 0.15) is 0 Å². The van der Waals surface area contributed by atoms with Crippen LogP contribution in [0.5, 0.6) is 0 Å². The molecule has 1 amide bonds. The van der Waals surface area contributed by atoms with Crippen molar-refractivity contribution >= 4 is 24.0 Å². The van der Waals surface area contributed by atoms with Crippen molar-refractivity contribution in [2.75, 3.05) is 18.4 Å². The van der Waals surface area contributed by atoms with Crippen molar-refractivity contribution in [3.05, 3.63) is 17.4 Å². The number of anilines is 1. The SMILES string of the molecule is O=CN1CCC(Nc2ncc(Cl)cn2)C1. The second kappa shape index (κ2) is 4.44. The average Bonchev–Trinajstić information content (AvgIpc) is 2.69. The standard InChI is InChI=1S/C9H11ClN4O/c10-7-3-11-9(12-4-7)13-8-1-2-14(5-8)6-15/h3-4,6,8H,1-2,5H2,(H,11,12,13). The van der Waals surface area contributed by atoms with Crippen LogP contribution < -0.4 is 5.32 Å². The van der Waals surface area contributed by atoms with Crippen molar-refractivity contribution in [2.45, 2.75) is 12.5 Å². The van der Waals surface area contributed by atoms with Gasteiger partial charge >= 0.3 is 0 Å². The van der Waals surface area contributed by atoms with E-state index in [1.807, 2.05) is 0 Å². The molecule has 1 fully saturated rings. The third-order valence-electron chi connectivity index (χ3n) is 2.32. The van der Waals surface area contributed by atoms with Gasteiger partial charge in [0.15, 0.2) is 0 Å². The van der Waals surface area contributed by atoms with Crippen molar-refractivity contribution in [3.8, 4) is 0 Å². The molecule has 1 unspecified atom stereocenters. The Kier molecular flexibility index (Phi) is 3.01. The maximum atomic E-state index is 10.5. The van der Waals surface area contributed by atoms with E-state index in [1.54, 1.807) is 17.3 Å². The summed E-state index contributed by atoms with van der Waals surface area (Å²) < 4.78 is 0. The number of likely N-dealkylation sites (tertiary alicyclic amines) is 1. The Morgan fingerprint density at radius 3 is 2.87 bits per heavy atom. The van der Waals surface area contributed by atoms with Gasteiger partial charge in [0.25, 0.3) is 0 Å². The maximum Gasteiger partial charge on any atom is 0.222 e. The second-order valence-electron chi connectivity index (χ2n) is 3.46. The highest BCUT2D eigenvalue weighted by Gasteiger charge is 2.21. The van der Waals surface area contributed by atoms with Crippen LogP contribution in [0.3, 0.4) is 0 Å². The number of rotatable bonds is 3. The fraction of sp³-hybridized carbons (Fsp3) is 0.444. The smallest absolute Gasteiger partial charge is 0.222 e. The molecule has 0 bridgehead atoms. The van der Waals surface area contributed by atoms with E-state index in [2.05, 4.69) is 15.3 Å². The molecule has 15 heavy (non-hydrogen) atoms. The molecule has 2 rings (SSSR count). The predicted octanol–water partition coefficient (Wildman–Crippen LogP) is 0.773. The van der Waals surface area contributed by atoms with Crippen LogP contribution in [0.15, 0.2) is 12.4 Å². The minimum atomic E-state index is 0.233. The molecule has 1 N–H and O–H groups in total. The summed E-state index contributed by atoms with van der Waals surface area (Å²) in [7, 11) is 0. The number of nitrogens with one attached hydrogen (secondary N) is 1. The molecule has 1 atom stereocenters. The highest BCUT2D eigenvalue weighted by molar-refractivity contribution is 6.30. The number of carbonyl (C=O) groups excluding carboxylic acids is 1. The second-order valence-corrected chi connectivity index (χ2v) is 3.89. The first kappa shape index (κ1) is 10.2. The molecule has 0 aliphatic carbocycles. The van der Waals surface area contributed by atoms with Gasteiger partial charge in [-0.2, -0.15) is 0 Å². The Hall–Kier alpha value is -1.36. The van der Waals surface area contributed by atoms with Crippen LogP contribution in [0, 0.1) is 0 Å². The fourth-order valence-corrected chi connectivity index (χ4v) is 1.67. The fourth-order valence-electron chi connectivity index (χ4n) is 1.57. The normalized spacial score (nSPS) is 20.3. The van der Waals surface area contributed by atoms with Crippen LogP contribution in [0.2, 0.25) is 5.02 Å². The Balaban J connectivity index is 1.92. The van der Waals surface area contributed by atoms with E-state index in [0.29, 0.717) is 17.5 Å². The predicted molar refractivity (Wildman–Crippen MR) is 56.7 cm³/mol. The molecule has 1 aromatic rings. The van der Waals surface area contributed by atoms with Gasteiger partial charge in [-0.3, -0.25) is 4.79 Å². The summed E-state index contributed by atoms with van der Waals surface area (Å²) in [4.78, 5) is 20.3. The van der Waals surface area contributed by atoms with Crippen LogP contribution in [0.4, 0.5) is 5.95 Å². The van der Waals surface area contributed by atoms with Gasteiger partial charge in [0.2, 0.25) is 12.4 Å². The number of halogens is 1. The molecule has 0 spiro atoms. The Labute approximate surface area is 92.5 Å². The summed E-state index contributed by atoms with van der Waals surface area (Å²) in [6.45, 7) is 1.49. The molecule has 80 valence electrons. The van der Waals surface area contributed by atoms with Crippen molar-refractivity contribution in [1.29, 1.82) is 0 Å². The molecule has 6 heteroatoms. The van der Waals surface area contributed by atoms with E-state index in [4.69, 9.17) is 11.6 Å². The van der Waals surface area contributed by atoms with E-state index >= 15 is 0 Å². The summed E-state index contributed by atoms with van der Waals surface area (Å²) in [5, 5.41) is 3.67. The Morgan fingerprint density at radius 1 is 1.53 bits per heavy atom. The lowest BCUT2D eigenvalue weighted by Crippen LogP contribution is -2.25. The molecule has 1 saturated heterocycles. The van der Waals surface area contributed by atoms with Crippen molar-refractivity contribution in [1.82, 2.24) is 14.9 Å². The molecule has 0 radical (unpaired) electrons. The third-order valence-corrected chi connectivity index (χ3v) is 2.52. The highest BCUT2D eigenvalue weighted by Crippen LogP contribution is 2.12. The largest absolute Gasteiger partial charge is 0.350 e. The molecule has 2 heterocycles. The van der Waals surface area contributed by atoms with Crippen LogP contribution in [0.1, 0.15) is 6.42 Å². The lowest BCUT2D eigenvalue weighted by Gasteiger charge is -2.12. The first-order chi connectivity index (χ1) is 7.28. The molecule has 0 aromatic carbocycles. The average molecular weight is 227 g/mol. The monoisotopic (exact) mass is 226 g/mol. The Morgan fingerprint density at radius 2 is 2.27 bits per heavy atom. The van der Waals surface area contributed by atoms with Crippen LogP contribution in [-0.4, -0.2) is 40.4 Å². The minimum Gasteiger partial charge on any atom is -0.350 e. The van der Waals surface area contributed by atoms with E-state index in [-0.39, 0.29) is 6.04 Å². The summed E-state index contributed by atoms with van der Waals surface area (Å²) in [6, 6.07) is 0.233. The number of hydrogen-bond donors (Lipinski definition) is 1. The molecule has 5 nitrogen and oxygen atoms in total. The summed E-state index contributed by atoms with van der Waals surface area (Å²) >= 11 is 5.67. The zero-order chi connectivity index (χ0) is 10.7. The Bertz CT molecular complexity index is 342. The van der Waals surface area contributed by atoms with Crippen LogP contribution >= 0.6 is 11.6 Å². The molecule has 1 aliphatic rings.